The van der Waals surface area contributed by atoms with Gasteiger partial charge in [-0.2, -0.15) is 0 Å². The number of hydrogen-bond acceptors (Lipinski definition) is 5. The minimum absolute atomic E-state index is 0.0359. The van der Waals surface area contributed by atoms with E-state index >= 15 is 0 Å². The zero-order valence-corrected chi connectivity index (χ0v) is 14.3. The molecular weight excluding hydrogens is 324 g/mol. The predicted molar refractivity (Wildman–Crippen MR) is 97.3 cm³/mol. The summed E-state index contributed by atoms with van der Waals surface area (Å²) in [4.78, 5) is 20.0. The van der Waals surface area contributed by atoms with E-state index in [1.807, 2.05) is 31.3 Å². The molecule has 3 aromatic rings. The topological polar surface area (TPSA) is 71.9 Å². The predicted octanol–water partition coefficient (Wildman–Crippen LogP) is 2.70. The minimum Gasteiger partial charge on any atom is -0.379 e. The number of aromatic nitrogens is 3. The maximum atomic E-state index is 12.2. The molecule has 4 rings (SSSR count). The molecule has 0 bridgehead atoms. The van der Waals surface area contributed by atoms with Crippen molar-refractivity contribution in [3.63, 3.8) is 0 Å². The van der Waals surface area contributed by atoms with Gasteiger partial charge in [0.25, 0.3) is 5.56 Å². The van der Waals surface area contributed by atoms with E-state index in [1.165, 1.54) is 0 Å². The van der Waals surface area contributed by atoms with Crippen LogP contribution >= 0.6 is 11.9 Å². The van der Waals surface area contributed by atoms with Gasteiger partial charge in [-0.25, -0.2) is 4.98 Å². The van der Waals surface area contributed by atoms with Crippen LogP contribution < -0.4 is 10.3 Å². The summed E-state index contributed by atoms with van der Waals surface area (Å²) in [6.45, 7) is 3.59. The van der Waals surface area contributed by atoms with E-state index in [1.54, 1.807) is 29.8 Å². The lowest BCUT2D eigenvalue weighted by Crippen LogP contribution is -2.31. The summed E-state index contributed by atoms with van der Waals surface area (Å²) in [5.74, 6) is 0.810. The van der Waals surface area contributed by atoms with Gasteiger partial charge in [-0.3, -0.25) is 4.79 Å². The summed E-state index contributed by atoms with van der Waals surface area (Å²) in [6.07, 6.45) is 3.64. The zero-order valence-electron chi connectivity index (χ0n) is 13.5. The molecule has 0 amide bonds. The van der Waals surface area contributed by atoms with Gasteiger partial charge in [-0.15, -0.1) is 0 Å². The Kier molecular flexibility index (Phi) is 3.82. The molecule has 0 atom stereocenters. The van der Waals surface area contributed by atoms with Crippen LogP contribution in [0.25, 0.3) is 22.2 Å². The van der Waals surface area contributed by atoms with Crippen LogP contribution in [-0.4, -0.2) is 33.0 Å². The third-order valence-corrected chi connectivity index (χ3v) is 5.12. The maximum Gasteiger partial charge on any atom is 0.274 e. The standard InChI is InChI=1S/C17H18N4O2S/c1-10-3-4-14(20-24-11-8-23-9-11)19-15(10)13-7-21(2)17(22)16-12(13)5-6-18-16/h3-7,11,18H,8-9H2,1-2H3,(H,19,20). The van der Waals surface area contributed by atoms with Crippen molar-refractivity contribution < 1.29 is 4.74 Å². The number of rotatable bonds is 4. The summed E-state index contributed by atoms with van der Waals surface area (Å²) >= 11 is 1.64. The second-order valence-electron chi connectivity index (χ2n) is 5.97. The highest BCUT2D eigenvalue weighted by atomic mass is 32.2. The van der Waals surface area contributed by atoms with Crippen molar-refractivity contribution >= 4 is 28.7 Å². The molecule has 4 heterocycles. The Morgan fingerprint density at radius 3 is 2.96 bits per heavy atom. The summed E-state index contributed by atoms with van der Waals surface area (Å²) in [7, 11) is 1.76. The van der Waals surface area contributed by atoms with E-state index in [0.717, 1.165) is 41.2 Å². The largest absolute Gasteiger partial charge is 0.379 e. The fourth-order valence-corrected chi connectivity index (χ4v) is 3.47. The monoisotopic (exact) mass is 342 g/mol. The molecule has 1 aliphatic heterocycles. The van der Waals surface area contributed by atoms with Crippen LogP contribution in [0.5, 0.6) is 0 Å². The van der Waals surface area contributed by atoms with Crippen LogP contribution in [0.1, 0.15) is 5.56 Å². The van der Waals surface area contributed by atoms with Gasteiger partial charge >= 0.3 is 0 Å². The SMILES string of the molecule is Cc1ccc(NSC2COC2)nc1-c1cn(C)c(=O)c2[nH]ccc12. The molecule has 3 aromatic heterocycles. The van der Waals surface area contributed by atoms with Crippen LogP contribution in [0, 0.1) is 6.92 Å². The second-order valence-corrected chi connectivity index (χ2v) is 7.07. The van der Waals surface area contributed by atoms with Gasteiger partial charge < -0.3 is 19.0 Å². The van der Waals surface area contributed by atoms with Crippen molar-refractivity contribution in [1.82, 2.24) is 14.5 Å². The molecule has 0 unspecified atom stereocenters. The summed E-state index contributed by atoms with van der Waals surface area (Å²) in [5, 5.41) is 1.37. The molecule has 0 saturated carbocycles. The fraction of sp³-hybridized carbons (Fsp3) is 0.294. The van der Waals surface area contributed by atoms with Gasteiger partial charge in [0.2, 0.25) is 0 Å². The number of nitrogens with zero attached hydrogens (tertiary/aromatic N) is 2. The van der Waals surface area contributed by atoms with Gasteiger partial charge in [-0.05, 0) is 36.6 Å². The van der Waals surface area contributed by atoms with Crippen LogP contribution in [0.2, 0.25) is 0 Å². The average Bonchev–Trinajstić information content (AvgIpc) is 3.01. The number of nitrogens with one attached hydrogen (secondary N) is 2. The quantitative estimate of drug-likeness (QED) is 0.713. The van der Waals surface area contributed by atoms with Gasteiger partial charge in [0.05, 0.1) is 24.2 Å². The first-order valence-electron chi connectivity index (χ1n) is 7.77. The molecule has 1 aliphatic rings. The molecule has 1 fully saturated rings. The summed E-state index contributed by atoms with van der Waals surface area (Å²) in [6, 6.07) is 5.95. The first-order valence-corrected chi connectivity index (χ1v) is 8.65. The number of ether oxygens (including phenoxy) is 1. The molecule has 0 spiro atoms. The van der Waals surface area contributed by atoms with Crippen LogP contribution in [0.15, 0.2) is 35.4 Å². The zero-order chi connectivity index (χ0) is 16.7. The first-order chi connectivity index (χ1) is 11.6. The molecule has 0 radical (unpaired) electrons. The Morgan fingerprint density at radius 1 is 1.38 bits per heavy atom. The van der Waals surface area contributed by atoms with Crippen molar-refractivity contribution in [3.8, 4) is 11.3 Å². The number of H-pyrrole nitrogens is 1. The lowest BCUT2D eigenvalue weighted by Gasteiger charge is -2.25. The van der Waals surface area contributed by atoms with Crippen LogP contribution in [-0.2, 0) is 11.8 Å². The summed E-state index contributed by atoms with van der Waals surface area (Å²) in [5.41, 5.74) is 3.47. The number of hydrogen-bond donors (Lipinski definition) is 2. The van der Waals surface area contributed by atoms with Crippen LogP contribution in [0.3, 0.4) is 0 Å². The number of fused-ring (bicyclic) bond motifs is 1. The minimum atomic E-state index is -0.0359. The Balaban J connectivity index is 1.76. The number of pyridine rings is 2. The molecule has 6 nitrogen and oxygen atoms in total. The Bertz CT molecular complexity index is 959. The molecule has 7 heteroatoms. The second kappa shape index (κ2) is 5.99. The van der Waals surface area contributed by atoms with Crippen molar-refractivity contribution in [2.45, 2.75) is 12.2 Å². The number of aromatic amines is 1. The fourth-order valence-electron chi connectivity index (χ4n) is 2.74. The van der Waals surface area contributed by atoms with Gasteiger partial charge in [0.1, 0.15) is 11.3 Å². The number of aryl methyl sites for hydroxylation is 2. The third-order valence-electron chi connectivity index (χ3n) is 4.18. The normalized spacial score (nSPS) is 14.8. The van der Waals surface area contributed by atoms with Crippen molar-refractivity contribution in [2.24, 2.45) is 7.05 Å². The average molecular weight is 342 g/mol. The number of anilines is 1. The highest BCUT2D eigenvalue weighted by Gasteiger charge is 2.19. The smallest absolute Gasteiger partial charge is 0.274 e. The molecule has 1 saturated heterocycles. The summed E-state index contributed by atoms with van der Waals surface area (Å²) < 4.78 is 10.1. The Hall–Kier alpha value is -2.25. The van der Waals surface area contributed by atoms with E-state index in [4.69, 9.17) is 9.72 Å². The Morgan fingerprint density at radius 2 is 2.21 bits per heavy atom. The van der Waals surface area contributed by atoms with Crippen LogP contribution in [0.4, 0.5) is 5.82 Å². The van der Waals surface area contributed by atoms with E-state index in [2.05, 4.69) is 9.71 Å². The van der Waals surface area contributed by atoms with E-state index < -0.39 is 0 Å². The van der Waals surface area contributed by atoms with Gasteiger partial charge in [0, 0.05) is 30.4 Å². The molecule has 0 aromatic carbocycles. The molecule has 124 valence electrons. The van der Waals surface area contributed by atoms with E-state index in [0.29, 0.717) is 10.8 Å². The van der Waals surface area contributed by atoms with Gasteiger partial charge in [0.15, 0.2) is 0 Å². The lowest BCUT2D eigenvalue weighted by atomic mass is 10.1. The van der Waals surface area contributed by atoms with Crippen molar-refractivity contribution in [3.05, 3.63) is 46.5 Å². The molecule has 0 aliphatic carbocycles. The molecular formula is C17H18N4O2S. The van der Waals surface area contributed by atoms with E-state index in [9.17, 15) is 4.79 Å². The maximum absolute atomic E-state index is 12.2. The van der Waals surface area contributed by atoms with Crippen molar-refractivity contribution in [1.29, 1.82) is 0 Å². The molecule has 2 N–H and O–H groups in total. The van der Waals surface area contributed by atoms with Gasteiger partial charge in [-0.1, -0.05) is 6.07 Å². The van der Waals surface area contributed by atoms with Crippen molar-refractivity contribution in [2.75, 3.05) is 17.9 Å². The highest BCUT2D eigenvalue weighted by Crippen LogP contribution is 2.29. The molecule has 24 heavy (non-hydrogen) atoms. The lowest BCUT2D eigenvalue weighted by molar-refractivity contribution is 0.0457. The highest BCUT2D eigenvalue weighted by molar-refractivity contribution is 8.01. The first kappa shape index (κ1) is 15.3. The third kappa shape index (κ3) is 2.59. The Labute approximate surface area is 143 Å². The van der Waals surface area contributed by atoms with E-state index in [-0.39, 0.29) is 5.56 Å².